The quantitative estimate of drug-likeness (QED) is 0.444. The summed E-state index contributed by atoms with van der Waals surface area (Å²) in [5.74, 6) is -1.07. The smallest absolute Gasteiger partial charge is 0.662 e. The van der Waals surface area contributed by atoms with Crippen LogP contribution in [-0.2, 0) is 0 Å². The van der Waals surface area contributed by atoms with Crippen molar-refractivity contribution in [2.24, 2.45) is 0 Å². The van der Waals surface area contributed by atoms with Crippen molar-refractivity contribution in [3.8, 4) is 0 Å². The SMILES string of the molecule is [NH-]C(=O)c1ncc[nH]c1=O.[Na+]. The third-order valence-electron chi connectivity index (χ3n) is 0.923. The van der Waals surface area contributed by atoms with Gasteiger partial charge < -0.3 is 15.5 Å². The Kier molecular flexibility index (Phi) is 4.02. The molecule has 0 saturated carbocycles. The summed E-state index contributed by atoms with van der Waals surface area (Å²) in [5, 5.41) is 0. The first kappa shape index (κ1) is 10.3. The van der Waals surface area contributed by atoms with Gasteiger partial charge in [0.05, 0.1) is 0 Å². The third kappa shape index (κ3) is 2.45. The Hall–Kier alpha value is -0.650. The van der Waals surface area contributed by atoms with Crippen LogP contribution in [0.5, 0.6) is 0 Å². The number of H-pyrrole nitrogens is 1. The maximum Gasteiger partial charge on any atom is 1.00 e. The summed E-state index contributed by atoms with van der Waals surface area (Å²) in [6.45, 7) is 0. The predicted molar refractivity (Wildman–Crippen MR) is 33.5 cm³/mol. The molecule has 5 nitrogen and oxygen atoms in total. The Morgan fingerprint density at radius 1 is 1.64 bits per heavy atom. The number of hydrogen-bond acceptors (Lipinski definition) is 3. The molecular weight excluding hydrogens is 157 g/mol. The van der Waals surface area contributed by atoms with Gasteiger partial charge in [-0.3, -0.25) is 4.79 Å². The normalized spacial score (nSPS) is 8.36. The Balaban J connectivity index is 0.000001000. The number of rotatable bonds is 1. The van der Waals surface area contributed by atoms with Gasteiger partial charge >= 0.3 is 29.6 Å². The molecule has 0 aliphatic carbocycles. The van der Waals surface area contributed by atoms with Crippen molar-refractivity contribution in [3.63, 3.8) is 0 Å². The number of nitrogens with one attached hydrogen (secondary N) is 2. The van der Waals surface area contributed by atoms with Crippen molar-refractivity contribution in [2.75, 3.05) is 0 Å². The summed E-state index contributed by atoms with van der Waals surface area (Å²) in [6, 6.07) is 0. The molecule has 0 unspecified atom stereocenters. The number of hydrogen-bond donors (Lipinski definition) is 1. The van der Waals surface area contributed by atoms with E-state index in [2.05, 4.69) is 9.97 Å². The van der Waals surface area contributed by atoms with Gasteiger partial charge in [0.2, 0.25) is 0 Å². The molecule has 1 heterocycles. The van der Waals surface area contributed by atoms with Gasteiger partial charge in [0.1, 0.15) is 5.91 Å². The van der Waals surface area contributed by atoms with Crippen molar-refractivity contribution < 1.29 is 34.4 Å². The molecular formula is C5H4N3NaO2. The number of carbonyl (C=O) groups is 1. The van der Waals surface area contributed by atoms with Crippen LogP contribution >= 0.6 is 0 Å². The van der Waals surface area contributed by atoms with Crippen LogP contribution in [0.3, 0.4) is 0 Å². The summed E-state index contributed by atoms with van der Waals surface area (Å²) in [6.07, 6.45) is 2.55. The minimum atomic E-state index is -1.07. The molecule has 0 spiro atoms. The van der Waals surface area contributed by atoms with E-state index < -0.39 is 11.5 Å². The van der Waals surface area contributed by atoms with E-state index in [1.54, 1.807) is 0 Å². The van der Waals surface area contributed by atoms with E-state index in [4.69, 9.17) is 5.73 Å². The van der Waals surface area contributed by atoms with Gasteiger partial charge in [-0.25, -0.2) is 4.98 Å². The maximum atomic E-state index is 10.6. The van der Waals surface area contributed by atoms with Crippen LogP contribution in [0.25, 0.3) is 5.73 Å². The molecule has 0 aliphatic rings. The first-order valence-electron chi connectivity index (χ1n) is 2.51. The van der Waals surface area contributed by atoms with E-state index >= 15 is 0 Å². The van der Waals surface area contributed by atoms with E-state index in [9.17, 15) is 9.59 Å². The van der Waals surface area contributed by atoms with Gasteiger partial charge in [-0.05, 0) is 0 Å². The zero-order chi connectivity index (χ0) is 7.56. The summed E-state index contributed by atoms with van der Waals surface area (Å²) < 4.78 is 0. The zero-order valence-electron chi connectivity index (χ0n) is 5.92. The van der Waals surface area contributed by atoms with E-state index in [-0.39, 0.29) is 35.3 Å². The summed E-state index contributed by atoms with van der Waals surface area (Å²) in [5.41, 5.74) is 5.54. The second-order valence-electron chi connectivity index (χ2n) is 1.60. The molecule has 0 bridgehead atoms. The molecule has 0 fully saturated rings. The van der Waals surface area contributed by atoms with Crippen molar-refractivity contribution in [3.05, 3.63) is 34.2 Å². The minimum absolute atomic E-state index is 0. The molecule has 1 rings (SSSR count). The van der Waals surface area contributed by atoms with Crippen LogP contribution in [0, 0.1) is 0 Å². The molecule has 1 amide bonds. The van der Waals surface area contributed by atoms with E-state index in [1.165, 1.54) is 12.4 Å². The van der Waals surface area contributed by atoms with E-state index in [0.717, 1.165) is 0 Å². The van der Waals surface area contributed by atoms with Gasteiger partial charge in [0, 0.05) is 12.4 Å². The monoisotopic (exact) mass is 161 g/mol. The number of aromatic amines is 1. The van der Waals surface area contributed by atoms with Crippen LogP contribution in [0.4, 0.5) is 0 Å². The molecule has 0 radical (unpaired) electrons. The van der Waals surface area contributed by atoms with Gasteiger partial charge in [-0.15, -0.1) is 0 Å². The van der Waals surface area contributed by atoms with Crippen LogP contribution in [-0.4, -0.2) is 15.9 Å². The molecule has 0 aliphatic heterocycles. The molecule has 0 saturated heterocycles. The van der Waals surface area contributed by atoms with Crippen molar-refractivity contribution >= 4 is 5.91 Å². The van der Waals surface area contributed by atoms with Crippen LogP contribution in [0.2, 0.25) is 0 Å². The Morgan fingerprint density at radius 2 is 2.27 bits per heavy atom. The minimum Gasteiger partial charge on any atom is -0.662 e. The predicted octanol–water partition coefficient (Wildman–Crippen LogP) is -3.03. The van der Waals surface area contributed by atoms with E-state index in [0.29, 0.717) is 0 Å². The topological polar surface area (TPSA) is 86.6 Å². The maximum absolute atomic E-state index is 10.6. The van der Waals surface area contributed by atoms with Gasteiger partial charge in [0.25, 0.3) is 5.56 Å². The molecule has 1 aromatic rings. The molecule has 0 aromatic carbocycles. The van der Waals surface area contributed by atoms with Gasteiger partial charge in [-0.1, -0.05) is 0 Å². The molecule has 11 heavy (non-hydrogen) atoms. The summed E-state index contributed by atoms with van der Waals surface area (Å²) in [7, 11) is 0. The number of carbonyl (C=O) groups excluding carboxylic acids is 1. The third-order valence-corrected chi connectivity index (χ3v) is 0.923. The van der Waals surface area contributed by atoms with Crippen molar-refractivity contribution in [1.82, 2.24) is 9.97 Å². The fourth-order valence-corrected chi connectivity index (χ4v) is 0.513. The summed E-state index contributed by atoms with van der Waals surface area (Å²) in [4.78, 5) is 26.5. The number of aromatic nitrogens is 2. The van der Waals surface area contributed by atoms with Crippen LogP contribution < -0.4 is 35.1 Å². The van der Waals surface area contributed by atoms with E-state index in [1.807, 2.05) is 0 Å². The second kappa shape index (κ2) is 4.27. The summed E-state index contributed by atoms with van der Waals surface area (Å²) >= 11 is 0. The first-order chi connectivity index (χ1) is 4.72. The average molecular weight is 161 g/mol. The molecule has 6 heteroatoms. The molecule has 52 valence electrons. The zero-order valence-corrected chi connectivity index (χ0v) is 7.92. The molecule has 2 N–H and O–H groups in total. The fourth-order valence-electron chi connectivity index (χ4n) is 0.513. The van der Waals surface area contributed by atoms with Crippen LogP contribution in [0.1, 0.15) is 10.5 Å². The second-order valence-corrected chi connectivity index (χ2v) is 1.60. The number of nitrogens with zero attached hydrogens (tertiary/aromatic N) is 1. The largest absolute Gasteiger partial charge is 1.00 e. The number of amides is 1. The molecule has 1 aromatic heterocycles. The Morgan fingerprint density at radius 3 is 2.64 bits per heavy atom. The standard InChI is InChI=1S/C5H5N3O2.Na/c6-4(9)3-5(10)8-2-1-7-3;/h1-2H,(H3,6,8,9,10);/q;+1/p-1. The van der Waals surface area contributed by atoms with Crippen molar-refractivity contribution in [2.45, 2.75) is 0 Å². The van der Waals surface area contributed by atoms with Gasteiger partial charge in [-0.2, -0.15) is 0 Å². The van der Waals surface area contributed by atoms with Gasteiger partial charge in [0.15, 0.2) is 5.69 Å². The first-order valence-corrected chi connectivity index (χ1v) is 2.51. The fraction of sp³-hybridized carbons (Fsp3) is 0. The van der Waals surface area contributed by atoms with Crippen LogP contribution in [0.15, 0.2) is 17.2 Å². The average Bonchev–Trinajstić information content (AvgIpc) is 1.88. The Bertz CT molecular complexity index is 309. The molecule has 0 atom stereocenters. The Labute approximate surface area is 84.3 Å². The van der Waals surface area contributed by atoms with Crippen molar-refractivity contribution in [1.29, 1.82) is 0 Å².